The molecule has 6 nitrogen and oxygen atoms in total. The largest absolute Gasteiger partial charge is 0.381 e. The zero-order chi connectivity index (χ0) is 15.6. The highest BCUT2D eigenvalue weighted by Crippen LogP contribution is 2.18. The number of sulfonamides is 1. The Balaban J connectivity index is 2.10. The molecule has 21 heavy (non-hydrogen) atoms. The van der Waals surface area contributed by atoms with Crippen LogP contribution in [0.2, 0.25) is 0 Å². The number of anilines is 1. The zero-order valence-corrected chi connectivity index (χ0v) is 13.4. The third kappa shape index (κ3) is 3.25. The minimum Gasteiger partial charge on any atom is -0.381 e. The van der Waals surface area contributed by atoms with Crippen molar-refractivity contribution in [1.29, 1.82) is 0 Å². The molecule has 7 heteroatoms. The smallest absolute Gasteiger partial charge is 0.242 e. The van der Waals surface area contributed by atoms with Gasteiger partial charge in [0.2, 0.25) is 10.0 Å². The first kappa shape index (κ1) is 15.5. The Labute approximate surface area is 124 Å². The summed E-state index contributed by atoms with van der Waals surface area (Å²) in [5.41, 5.74) is 2.71. The topological polar surface area (TPSA) is 75.4 Å². The first-order chi connectivity index (χ1) is 9.82. The van der Waals surface area contributed by atoms with Gasteiger partial charge in [-0.3, -0.25) is 0 Å². The van der Waals surface area contributed by atoms with Crippen LogP contribution in [0.1, 0.15) is 17.0 Å². The predicted molar refractivity (Wildman–Crippen MR) is 80.6 cm³/mol. The molecule has 0 amide bonds. The van der Waals surface area contributed by atoms with E-state index in [-0.39, 0.29) is 4.90 Å². The predicted octanol–water partition coefficient (Wildman–Crippen LogP) is 2.15. The molecule has 0 bridgehead atoms. The van der Waals surface area contributed by atoms with Crippen LogP contribution in [0.3, 0.4) is 0 Å². The van der Waals surface area contributed by atoms with Crippen molar-refractivity contribution in [3.63, 3.8) is 0 Å². The van der Waals surface area contributed by atoms with Crippen LogP contribution in [0.4, 0.5) is 5.69 Å². The van der Waals surface area contributed by atoms with Crippen molar-refractivity contribution in [1.82, 2.24) is 9.46 Å². The van der Waals surface area contributed by atoms with Crippen molar-refractivity contribution in [2.24, 2.45) is 0 Å². The molecular formula is C14H19N3O3S. The molecule has 1 aromatic carbocycles. The number of hydrogen-bond donors (Lipinski definition) is 1. The third-order valence-electron chi connectivity index (χ3n) is 3.28. The summed E-state index contributed by atoms with van der Waals surface area (Å²) in [5, 5.41) is 7.12. The first-order valence-electron chi connectivity index (χ1n) is 6.50. The van der Waals surface area contributed by atoms with Gasteiger partial charge in [-0.05, 0) is 38.1 Å². The highest BCUT2D eigenvalue weighted by molar-refractivity contribution is 7.89. The van der Waals surface area contributed by atoms with Crippen molar-refractivity contribution in [3.05, 3.63) is 41.3 Å². The van der Waals surface area contributed by atoms with Gasteiger partial charge < -0.3 is 9.84 Å². The number of aryl methyl sites for hydroxylation is 2. The molecule has 0 saturated carbocycles. The minimum absolute atomic E-state index is 0.274. The van der Waals surface area contributed by atoms with Crippen LogP contribution in [-0.2, 0) is 16.6 Å². The fourth-order valence-electron chi connectivity index (χ4n) is 1.90. The van der Waals surface area contributed by atoms with Gasteiger partial charge >= 0.3 is 0 Å². The van der Waals surface area contributed by atoms with Crippen LogP contribution >= 0.6 is 0 Å². The summed E-state index contributed by atoms with van der Waals surface area (Å²) >= 11 is 0. The maximum Gasteiger partial charge on any atom is 0.242 e. The number of aromatic nitrogens is 1. The van der Waals surface area contributed by atoms with Gasteiger partial charge in [0.05, 0.1) is 10.6 Å². The molecule has 1 N–H and O–H groups in total. The number of nitrogens with one attached hydrogen (secondary N) is 1. The SMILES string of the molecule is Cc1noc(C)c1CNc1ccc(S(=O)(=O)N(C)C)cc1. The van der Waals surface area contributed by atoms with E-state index in [0.29, 0.717) is 6.54 Å². The minimum atomic E-state index is -3.38. The van der Waals surface area contributed by atoms with E-state index in [9.17, 15) is 8.42 Å². The lowest BCUT2D eigenvalue weighted by Crippen LogP contribution is -2.22. The van der Waals surface area contributed by atoms with E-state index in [1.165, 1.54) is 18.4 Å². The monoisotopic (exact) mass is 309 g/mol. The van der Waals surface area contributed by atoms with Gasteiger partial charge in [-0.15, -0.1) is 0 Å². The summed E-state index contributed by atoms with van der Waals surface area (Å²) in [6.45, 7) is 4.34. The Bertz CT molecular complexity index is 699. The van der Waals surface area contributed by atoms with E-state index >= 15 is 0 Å². The summed E-state index contributed by atoms with van der Waals surface area (Å²) in [6, 6.07) is 6.67. The molecule has 114 valence electrons. The second-order valence-electron chi connectivity index (χ2n) is 4.97. The van der Waals surface area contributed by atoms with E-state index < -0.39 is 10.0 Å². The molecule has 0 saturated heterocycles. The van der Waals surface area contributed by atoms with Gasteiger partial charge in [-0.1, -0.05) is 5.16 Å². The molecule has 0 fully saturated rings. The molecule has 0 radical (unpaired) electrons. The maximum absolute atomic E-state index is 12.0. The van der Waals surface area contributed by atoms with Crippen LogP contribution in [0.5, 0.6) is 0 Å². The molecule has 0 aliphatic rings. The van der Waals surface area contributed by atoms with Gasteiger partial charge in [0.25, 0.3) is 0 Å². The number of nitrogens with zero attached hydrogens (tertiary/aromatic N) is 2. The molecule has 2 aromatic rings. The second-order valence-corrected chi connectivity index (χ2v) is 7.12. The van der Waals surface area contributed by atoms with Crippen molar-refractivity contribution in [3.8, 4) is 0 Å². The molecule has 0 unspecified atom stereocenters. The molecule has 0 aliphatic carbocycles. The molecular weight excluding hydrogens is 290 g/mol. The van der Waals surface area contributed by atoms with E-state index in [1.54, 1.807) is 24.3 Å². The van der Waals surface area contributed by atoms with Crippen molar-refractivity contribution >= 4 is 15.7 Å². The highest BCUT2D eigenvalue weighted by Gasteiger charge is 2.16. The summed E-state index contributed by atoms with van der Waals surface area (Å²) < 4.78 is 30.2. The zero-order valence-electron chi connectivity index (χ0n) is 12.5. The van der Waals surface area contributed by atoms with Gasteiger partial charge in [0.1, 0.15) is 5.76 Å². The van der Waals surface area contributed by atoms with Gasteiger partial charge in [0, 0.05) is 31.9 Å². The summed E-state index contributed by atoms with van der Waals surface area (Å²) in [4.78, 5) is 0.274. The van der Waals surface area contributed by atoms with E-state index in [4.69, 9.17) is 4.52 Å². The Morgan fingerprint density at radius 3 is 2.29 bits per heavy atom. The Hall–Kier alpha value is -1.86. The van der Waals surface area contributed by atoms with Crippen molar-refractivity contribution < 1.29 is 12.9 Å². The van der Waals surface area contributed by atoms with Crippen LogP contribution < -0.4 is 5.32 Å². The Morgan fingerprint density at radius 2 is 1.81 bits per heavy atom. The Morgan fingerprint density at radius 1 is 1.19 bits per heavy atom. The first-order valence-corrected chi connectivity index (χ1v) is 7.94. The number of hydrogen-bond acceptors (Lipinski definition) is 5. The van der Waals surface area contributed by atoms with Crippen LogP contribution in [0.15, 0.2) is 33.7 Å². The summed E-state index contributed by atoms with van der Waals surface area (Å²) in [7, 11) is -0.359. The van der Waals surface area contributed by atoms with E-state index in [1.807, 2.05) is 13.8 Å². The van der Waals surface area contributed by atoms with Gasteiger partial charge in [-0.25, -0.2) is 12.7 Å². The normalized spacial score (nSPS) is 11.9. The van der Waals surface area contributed by atoms with Gasteiger partial charge in [0.15, 0.2) is 0 Å². The fourth-order valence-corrected chi connectivity index (χ4v) is 2.80. The highest BCUT2D eigenvalue weighted by atomic mass is 32.2. The van der Waals surface area contributed by atoms with Crippen LogP contribution in [-0.4, -0.2) is 32.0 Å². The number of benzene rings is 1. The second kappa shape index (κ2) is 5.87. The lowest BCUT2D eigenvalue weighted by Gasteiger charge is -2.12. The van der Waals surface area contributed by atoms with Crippen LogP contribution in [0.25, 0.3) is 0 Å². The van der Waals surface area contributed by atoms with Crippen molar-refractivity contribution in [2.75, 3.05) is 19.4 Å². The lowest BCUT2D eigenvalue weighted by molar-refractivity contribution is 0.392. The maximum atomic E-state index is 12.0. The molecule has 0 aliphatic heterocycles. The number of rotatable bonds is 5. The summed E-state index contributed by atoms with van der Waals surface area (Å²) in [6.07, 6.45) is 0. The molecule has 1 heterocycles. The van der Waals surface area contributed by atoms with E-state index in [2.05, 4.69) is 10.5 Å². The van der Waals surface area contributed by atoms with E-state index in [0.717, 1.165) is 22.7 Å². The lowest BCUT2D eigenvalue weighted by atomic mass is 10.2. The molecule has 0 atom stereocenters. The molecule has 1 aromatic heterocycles. The average Bonchev–Trinajstić information content (AvgIpc) is 2.76. The van der Waals surface area contributed by atoms with Crippen molar-refractivity contribution in [2.45, 2.75) is 25.3 Å². The fraction of sp³-hybridized carbons (Fsp3) is 0.357. The third-order valence-corrected chi connectivity index (χ3v) is 5.11. The average molecular weight is 309 g/mol. The standard InChI is InChI=1S/C14H19N3O3S/c1-10-14(11(2)20-16-10)9-15-12-5-7-13(8-6-12)21(18,19)17(3)4/h5-8,15H,9H2,1-4H3. The Kier molecular flexibility index (Phi) is 4.34. The van der Waals surface area contributed by atoms with Crippen LogP contribution in [0, 0.1) is 13.8 Å². The summed E-state index contributed by atoms with van der Waals surface area (Å²) in [5.74, 6) is 0.784. The quantitative estimate of drug-likeness (QED) is 0.916. The van der Waals surface area contributed by atoms with Gasteiger partial charge in [-0.2, -0.15) is 0 Å². The molecule has 0 spiro atoms. The molecule has 2 rings (SSSR count).